The van der Waals surface area contributed by atoms with Crippen molar-refractivity contribution in [3.8, 4) is 0 Å². The summed E-state index contributed by atoms with van der Waals surface area (Å²) in [6.45, 7) is 0. The second kappa shape index (κ2) is 9.89. The van der Waals surface area contributed by atoms with Crippen LogP contribution in [0.25, 0.3) is 0 Å². The third-order valence-corrected chi connectivity index (χ3v) is 7.84. The fourth-order valence-corrected chi connectivity index (χ4v) is 5.77. The van der Waals surface area contributed by atoms with E-state index < -0.39 is 103 Å². The Kier molecular flexibility index (Phi) is 8.14. The highest BCUT2D eigenvalue weighted by molar-refractivity contribution is 5.17. The molecule has 0 radical (unpaired) electrons. The Balaban J connectivity index is 0.000000228. The quantitative estimate of drug-likeness (QED) is 0.256. The molecule has 238 valence electrons. The van der Waals surface area contributed by atoms with Gasteiger partial charge in [0, 0.05) is 12.8 Å². The molecule has 1 saturated carbocycles. The van der Waals surface area contributed by atoms with Crippen LogP contribution in [0.3, 0.4) is 0 Å². The minimum Gasteiger partial charge on any atom is -0.374 e. The van der Waals surface area contributed by atoms with Gasteiger partial charge in [-0.2, -0.15) is 65.9 Å². The number of hydrogen-bond donors (Lipinski definition) is 2. The summed E-state index contributed by atoms with van der Waals surface area (Å²) < 4.78 is 208. The van der Waals surface area contributed by atoms with E-state index in [1.54, 1.807) is 0 Å². The normalized spacial score (nSPS) is 33.9. The first kappa shape index (κ1) is 33.7. The van der Waals surface area contributed by atoms with Crippen LogP contribution in [0.15, 0.2) is 24.3 Å². The number of alkyl halides is 16. The minimum absolute atomic E-state index is 0.152. The number of aliphatic hydroxyl groups is 2. The maximum atomic E-state index is 13.5. The Hall–Kier alpha value is -1.76. The first-order chi connectivity index (χ1) is 18.1. The zero-order chi connectivity index (χ0) is 31.8. The Labute approximate surface area is 219 Å². The summed E-state index contributed by atoms with van der Waals surface area (Å²) in [6.07, 6.45) is -30.2. The van der Waals surface area contributed by atoms with E-state index in [1.807, 2.05) is 0 Å². The lowest BCUT2D eigenvalue weighted by Crippen LogP contribution is -2.58. The smallest absolute Gasteiger partial charge is 0.374 e. The van der Waals surface area contributed by atoms with E-state index in [2.05, 4.69) is 4.74 Å². The molecule has 4 bridgehead atoms. The molecule has 0 aromatic carbocycles. The molecule has 0 aromatic heterocycles. The van der Waals surface area contributed by atoms with Crippen molar-refractivity contribution in [1.82, 2.24) is 0 Å². The van der Waals surface area contributed by atoms with Crippen LogP contribution in [0.2, 0.25) is 0 Å². The lowest BCUT2D eigenvalue weighted by molar-refractivity contribution is -0.375. The van der Waals surface area contributed by atoms with Crippen molar-refractivity contribution in [3.63, 3.8) is 0 Å². The molecule has 4 rings (SSSR count). The van der Waals surface area contributed by atoms with E-state index in [0.717, 1.165) is 12.2 Å². The molecule has 2 aliphatic heterocycles. The average molecular weight is 636 g/mol. The maximum absolute atomic E-state index is 13.5. The van der Waals surface area contributed by atoms with E-state index in [9.17, 15) is 70.2 Å². The molecule has 2 fully saturated rings. The van der Waals surface area contributed by atoms with Crippen LogP contribution in [-0.2, 0) is 4.74 Å². The highest BCUT2D eigenvalue weighted by Gasteiger charge is 2.73. The predicted molar refractivity (Wildman–Crippen MR) is 103 cm³/mol. The van der Waals surface area contributed by atoms with Crippen LogP contribution >= 0.6 is 0 Å². The van der Waals surface area contributed by atoms with Crippen LogP contribution < -0.4 is 0 Å². The lowest BCUT2D eigenvalue weighted by atomic mass is 9.75. The number of hydrogen-bond acceptors (Lipinski definition) is 3. The Morgan fingerprint density at radius 2 is 1.10 bits per heavy atom. The van der Waals surface area contributed by atoms with Crippen molar-refractivity contribution in [1.29, 1.82) is 0 Å². The van der Waals surface area contributed by atoms with Crippen LogP contribution in [0, 0.1) is 29.6 Å². The standard InChI is InChI=1S/C12H11F9O.C10H9F7O2/c13-10(14,15)8-6-2-1-5(3-6)7(8)4-9(22,11(16,17)18)12(19,20)21;11-7-2-1-6(19-7)5(3-7)4-8(18,9(12,13)14)10(15,16)17/h1-2,5-8,22H,3-4H2;1-2,5-6,18H,3-4H2. The van der Waals surface area contributed by atoms with E-state index in [1.165, 1.54) is 12.2 Å². The summed E-state index contributed by atoms with van der Waals surface area (Å²) in [7, 11) is 0. The van der Waals surface area contributed by atoms with Crippen molar-refractivity contribution >= 4 is 0 Å². The zero-order valence-corrected chi connectivity index (χ0v) is 20.0. The number of allylic oxidation sites excluding steroid dienone is 2. The van der Waals surface area contributed by atoms with Gasteiger partial charge in [-0.15, -0.1) is 0 Å². The van der Waals surface area contributed by atoms with Crippen LogP contribution in [-0.4, -0.2) is 64.3 Å². The highest BCUT2D eigenvalue weighted by Crippen LogP contribution is 2.59. The van der Waals surface area contributed by atoms with Crippen molar-refractivity contribution < 1.29 is 85.2 Å². The van der Waals surface area contributed by atoms with Crippen LogP contribution in [0.5, 0.6) is 0 Å². The minimum atomic E-state index is -6.10. The Bertz CT molecular complexity index is 992. The van der Waals surface area contributed by atoms with Gasteiger partial charge in [0.1, 0.15) is 0 Å². The van der Waals surface area contributed by atoms with Gasteiger partial charge in [0.2, 0.25) is 5.85 Å². The predicted octanol–water partition coefficient (Wildman–Crippen LogP) is 7.11. The molecule has 1 saturated heterocycles. The fourth-order valence-electron chi connectivity index (χ4n) is 5.77. The second-order valence-corrected chi connectivity index (χ2v) is 10.5. The van der Waals surface area contributed by atoms with E-state index in [0.29, 0.717) is 0 Å². The third kappa shape index (κ3) is 6.03. The summed E-state index contributed by atoms with van der Waals surface area (Å²) in [4.78, 5) is 0. The number of fused-ring (bicyclic) bond motifs is 4. The van der Waals surface area contributed by atoms with Gasteiger partial charge < -0.3 is 14.9 Å². The van der Waals surface area contributed by atoms with Gasteiger partial charge in [0.25, 0.3) is 11.2 Å². The van der Waals surface area contributed by atoms with Crippen molar-refractivity contribution in [2.45, 2.75) is 79.7 Å². The van der Waals surface area contributed by atoms with Crippen LogP contribution in [0.4, 0.5) is 70.2 Å². The molecular weight excluding hydrogens is 616 g/mol. The van der Waals surface area contributed by atoms with Gasteiger partial charge >= 0.3 is 30.9 Å². The molecule has 2 N–H and O–H groups in total. The van der Waals surface area contributed by atoms with E-state index in [-0.39, 0.29) is 6.42 Å². The zero-order valence-electron chi connectivity index (χ0n) is 20.0. The molecule has 4 aliphatic rings. The van der Waals surface area contributed by atoms with Gasteiger partial charge in [0.05, 0.1) is 12.0 Å². The topological polar surface area (TPSA) is 49.7 Å². The third-order valence-electron chi connectivity index (χ3n) is 7.84. The van der Waals surface area contributed by atoms with Crippen molar-refractivity contribution in [2.75, 3.05) is 0 Å². The monoisotopic (exact) mass is 636 g/mol. The molecular formula is C22H20F16O3. The summed E-state index contributed by atoms with van der Waals surface area (Å²) in [5, 5.41) is 18.1. The Morgan fingerprint density at radius 3 is 1.46 bits per heavy atom. The molecule has 7 atom stereocenters. The molecule has 2 aliphatic carbocycles. The van der Waals surface area contributed by atoms with E-state index >= 15 is 0 Å². The molecule has 3 nitrogen and oxygen atoms in total. The molecule has 0 aromatic rings. The SMILES string of the molecule is OC(CC1C2C=CC(C2)C1C(F)(F)F)(C(F)(F)F)C(F)(F)F.OC(CC1CC2(F)C=CC1O2)(C(F)(F)F)C(F)(F)F. The molecule has 2 heterocycles. The molecule has 19 heteroatoms. The summed E-state index contributed by atoms with van der Waals surface area (Å²) in [5.41, 5.74) is -10.0. The molecule has 0 spiro atoms. The Morgan fingerprint density at radius 1 is 0.659 bits per heavy atom. The first-order valence-corrected chi connectivity index (χ1v) is 11.6. The van der Waals surface area contributed by atoms with Gasteiger partial charge in [-0.05, 0) is 42.6 Å². The summed E-state index contributed by atoms with van der Waals surface area (Å²) in [6, 6.07) is 0. The van der Waals surface area contributed by atoms with Crippen molar-refractivity contribution in [3.05, 3.63) is 24.3 Å². The van der Waals surface area contributed by atoms with Gasteiger partial charge in [0.15, 0.2) is 0 Å². The van der Waals surface area contributed by atoms with Crippen LogP contribution in [0.1, 0.15) is 25.7 Å². The lowest BCUT2D eigenvalue weighted by Gasteiger charge is -2.38. The fraction of sp³-hybridized carbons (Fsp3) is 0.818. The molecule has 7 unspecified atom stereocenters. The summed E-state index contributed by atoms with van der Waals surface area (Å²) >= 11 is 0. The highest BCUT2D eigenvalue weighted by atomic mass is 19.4. The molecule has 0 amide bonds. The largest absolute Gasteiger partial charge is 0.426 e. The van der Waals surface area contributed by atoms with Gasteiger partial charge in [-0.25, -0.2) is 4.39 Å². The first-order valence-electron chi connectivity index (χ1n) is 11.6. The summed E-state index contributed by atoms with van der Waals surface area (Å²) in [5.74, 6) is -10.2. The number of ether oxygens (including phenoxy) is 1. The molecule has 41 heavy (non-hydrogen) atoms. The number of rotatable bonds is 4. The average Bonchev–Trinajstić information content (AvgIpc) is 3.49. The second-order valence-electron chi connectivity index (χ2n) is 10.5. The maximum Gasteiger partial charge on any atom is 0.426 e. The van der Waals surface area contributed by atoms with Gasteiger partial charge in [-0.3, -0.25) is 0 Å². The number of halogens is 16. The van der Waals surface area contributed by atoms with Crippen molar-refractivity contribution in [2.24, 2.45) is 29.6 Å². The van der Waals surface area contributed by atoms with Gasteiger partial charge in [-0.1, -0.05) is 18.2 Å². The van der Waals surface area contributed by atoms with E-state index in [4.69, 9.17) is 10.2 Å².